The Balaban J connectivity index is 1.75. The third-order valence-electron chi connectivity index (χ3n) is 4.52. The molecular formula is C24H27NO5. The highest BCUT2D eigenvalue weighted by Crippen LogP contribution is 2.23. The van der Waals surface area contributed by atoms with E-state index in [1.54, 1.807) is 4.57 Å². The molecule has 0 amide bonds. The number of hydrogen-bond donors (Lipinski definition) is 0. The Morgan fingerprint density at radius 3 is 2.37 bits per heavy atom. The number of hydrogen-bond acceptors (Lipinski definition) is 5. The van der Waals surface area contributed by atoms with Crippen molar-refractivity contribution in [2.24, 2.45) is 0 Å². The summed E-state index contributed by atoms with van der Waals surface area (Å²) in [6.07, 6.45) is 0.521. The van der Waals surface area contributed by atoms with Crippen molar-refractivity contribution < 1.29 is 23.8 Å². The molecule has 0 atom stereocenters. The van der Waals surface area contributed by atoms with E-state index in [0.29, 0.717) is 24.3 Å². The average Bonchev–Trinajstić information content (AvgIpc) is 3.08. The number of carbonyl (C=O) groups is 2. The van der Waals surface area contributed by atoms with Crippen LogP contribution in [0.3, 0.4) is 0 Å². The SMILES string of the molecule is COC(=O)CCc1ccc(OCc2cc3ccccc3n2C(=O)OC(C)(C)C)cc1. The number of nitrogens with zero attached hydrogens (tertiary/aromatic N) is 1. The lowest BCUT2D eigenvalue weighted by atomic mass is 10.1. The molecule has 158 valence electrons. The van der Waals surface area contributed by atoms with Crippen molar-refractivity contribution in [1.82, 2.24) is 4.57 Å². The lowest BCUT2D eigenvalue weighted by molar-refractivity contribution is -0.140. The van der Waals surface area contributed by atoms with Gasteiger partial charge in [0.2, 0.25) is 0 Å². The molecular weight excluding hydrogens is 382 g/mol. The van der Waals surface area contributed by atoms with Gasteiger partial charge in [0.25, 0.3) is 0 Å². The van der Waals surface area contributed by atoms with Crippen LogP contribution in [0.4, 0.5) is 4.79 Å². The highest BCUT2D eigenvalue weighted by Gasteiger charge is 2.22. The fraction of sp³-hybridized carbons (Fsp3) is 0.333. The maximum atomic E-state index is 12.8. The molecule has 6 nitrogen and oxygen atoms in total. The summed E-state index contributed by atoms with van der Waals surface area (Å²) < 4.78 is 17.7. The van der Waals surface area contributed by atoms with Crippen molar-refractivity contribution in [3.8, 4) is 5.75 Å². The second-order valence-electron chi connectivity index (χ2n) is 8.02. The van der Waals surface area contributed by atoms with E-state index in [1.165, 1.54) is 7.11 Å². The second kappa shape index (κ2) is 9.03. The van der Waals surface area contributed by atoms with Crippen LogP contribution in [0.1, 0.15) is 38.4 Å². The first-order valence-corrected chi connectivity index (χ1v) is 9.88. The zero-order chi connectivity index (χ0) is 21.7. The Kier molecular flexibility index (Phi) is 6.45. The monoisotopic (exact) mass is 409 g/mol. The van der Waals surface area contributed by atoms with Crippen LogP contribution in [0, 0.1) is 0 Å². The minimum absolute atomic E-state index is 0.218. The number of para-hydroxylation sites is 1. The molecule has 3 rings (SSSR count). The summed E-state index contributed by atoms with van der Waals surface area (Å²) >= 11 is 0. The molecule has 30 heavy (non-hydrogen) atoms. The van der Waals surface area contributed by atoms with E-state index in [2.05, 4.69) is 4.74 Å². The van der Waals surface area contributed by atoms with Crippen LogP contribution in [0.25, 0.3) is 10.9 Å². The normalized spacial score (nSPS) is 11.3. The largest absolute Gasteiger partial charge is 0.487 e. The molecule has 0 aliphatic carbocycles. The topological polar surface area (TPSA) is 66.8 Å². The number of aryl methyl sites for hydroxylation is 1. The number of methoxy groups -OCH3 is 1. The quantitative estimate of drug-likeness (QED) is 0.529. The van der Waals surface area contributed by atoms with E-state index in [4.69, 9.17) is 9.47 Å². The van der Waals surface area contributed by atoms with Crippen LogP contribution in [0.2, 0.25) is 0 Å². The van der Waals surface area contributed by atoms with Gasteiger partial charge in [0, 0.05) is 11.8 Å². The van der Waals surface area contributed by atoms with Crippen LogP contribution >= 0.6 is 0 Å². The predicted molar refractivity (Wildman–Crippen MR) is 115 cm³/mol. The maximum absolute atomic E-state index is 12.8. The summed E-state index contributed by atoms with van der Waals surface area (Å²) in [5.41, 5.74) is 1.92. The lowest BCUT2D eigenvalue weighted by Crippen LogP contribution is -2.28. The first-order valence-electron chi connectivity index (χ1n) is 9.88. The Labute approximate surface area is 176 Å². The van der Waals surface area contributed by atoms with Crippen LogP contribution < -0.4 is 4.74 Å². The highest BCUT2D eigenvalue weighted by molar-refractivity contribution is 5.91. The molecule has 0 spiro atoms. The standard InChI is InChI=1S/C24H27NO5/c1-24(2,3)30-23(27)25-19(15-18-7-5-6-8-21(18)25)16-29-20-12-9-17(10-13-20)11-14-22(26)28-4/h5-10,12-13,15H,11,14,16H2,1-4H3. The summed E-state index contributed by atoms with van der Waals surface area (Å²) in [6, 6.07) is 17.1. The van der Waals surface area contributed by atoms with Crippen LogP contribution in [0.5, 0.6) is 5.75 Å². The number of aromatic nitrogens is 1. The molecule has 0 N–H and O–H groups in total. The number of rotatable bonds is 6. The number of esters is 1. The molecule has 0 radical (unpaired) electrons. The van der Waals surface area contributed by atoms with Crippen molar-refractivity contribution in [2.45, 2.75) is 45.8 Å². The van der Waals surface area contributed by atoms with Crippen molar-refractivity contribution in [1.29, 1.82) is 0 Å². The molecule has 0 aliphatic heterocycles. The van der Waals surface area contributed by atoms with E-state index in [-0.39, 0.29) is 12.6 Å². The number of fused-ring (bicyclic) bond motifs is 1. The minimum Gasteiger partial charge on any atom is -0.487 e. The number of benzene rings is 2. The molecule has 1 aromatic heterocycles. The Hall–Kier alpha value is -3.28. The van der Waals surface area contributed by atoms with Gasteiger partial charge in [-0.2, -0.15) is 0 Å². The third kappa shape index (κ3) is 5.41. The van der Waals surface area contributed by atoms with Crippen LogP contribution in [-0.2, 0) is 27.3 Å². The van der Waals surface area contributed by atoms with E-state index < -0.39 is 11.7 Å². The predicted octanol–water partition coefficient (Wildman–Crippen LogP) is 5.11. The van der Waals surface area contributed by atoms with Crippen molar-refractivity contribution in [3.05, 3.63) is 65.9 Å². The van der Waals surface area contributed by atoms with Crippen molar-refractivity contribution in [2.75, 3.05) is 7.11 Å². The van der Waals surface area contributed by atoms with Gasteiger partial charge < -0.3 is 14.2 Å². The molecule has 0 fully saturated rings. The van der Waals surface area contributed by atoms with E-state index >= 15 is 0 Å². The van der Waals surface area contributed by atoms with Crippen LogP contribution in [0.15, 0.2) is 54.6 Å². The first kappa shape index (κ1) is 21.4. The molecule has 0 aliphatic rings. The Morgan fingerprint density at radius 2 is 1.70 bits per heavy atom. The number of carbonyl (C=O) groups excluding carboxylic acids is 2. The fourth-order valence-electron chi connectivity index (χ4n) is 3.10. The first-order chi connectivity index (χ1) is 14.3. The Bertz CT molecular complexity index is 1030. The van der Waals surface area contributed by atoms with Crippen LogP contribution in [-0.4, -0.2) is 29.3 Å². The van der Waals surface area contributed by atoms with E-state index in [9.17, 15) is 9.59 Å². The average molecular weight is 409 g/mol. The third-order valence-corrected chi connectivity index (χ3v) is 4.52. The molecule has 6 heteroatoms. The van der Waals surface area contributed by atoms with Gasteiger partial charge in [-0.1, -0.05) is 30.3 Å². The van der Waals surface area contributed by atoms with Crippen molar-refractivity contribution in [3.63, 3.8) is 0 Å². The van der Waals surface area contributed by atoms with E-state index in [0.717, 1.165) is 16.5 Å². The summed E-state index contributed by atoms with van der Waals surface area (Å²) in [4.78, 5) is 24.1. The molecule has 0 bridgehead atoms. The van der Waals surface area contributed by atoms with Gasteiger partial charge in [-0.3, -0.25) is 4.79 Å². The van der Waals surface area contributed by atoms with Gasteiger partial charge >= 0.3 is 12.1 Å². The smallest absolute Gasteiger partial charge is 0.419 e. The maximum Gasteiger partial charge on any atom is 0.419 e. The summed E-state index contributed by atoms with van der Waals surface area (Å²) in [6.45, 7) is 5.74. The molecule has 0 unspecified atom stereocenters. The summed E-state index contributed by atoms with van der Waals surface area (Å²) in [7, 11) is 1.38. The summed E-state index contributed by atoms with van der Waals surface area (Å²) in [5, 5.41) is 0.945. The zero-order valence-electron chi connectivity index (χ0n) is 17.8. The van der Waals surface area contributed by atoms with Gasteiger partial charge in [0.05, 0.1) is 18.3 Å². The zero-order valence-corrected chi connectivity index (χ0v) is 17.8. The van der Waals surface area contributed by atoms with Gasteiger partial charge in [-0.15, -0.1) is 0 Å². The molecule has 1 heterocycles. The summed E-state index contributed by atoms with van der Waals surface area (Å²) in [5.74, 6) is 0.447. The molecule has 3 aromatic rings. The van der Waals surface area contributed by atoms with Gasteiger partial charge in [-0.05, 0) is 57.0 Å². The molecule has 2 aromatic carbocycles. The van der Waals surface area contributed by atoms with Crippen molar-refractivity contribution >= 4 is 23.0 Å². The van der Waals surface area contributed by atoms with Gasteiger partial charge in [0.1, 0.15) is 18.0 Å². The lowest BCUT2D eigenvalue weighted by Gasteiger charge is -2.21. The fourth-order valence-corrected chi connectivity index (χ4v) is 3.10. The number of ether oxygens (including phenoxy) is 3. The Morgan fingerprint density at radius 1 is 1.00 bits per heavy atom. The minimum atomic E-state index is -0.597. The van der Waals surface area contributed by atoms with Gasteiger partial charge in [-0.25, -0.2) is 9.36 Å². The second-order valence-corrected chi connectivity index (χ2v) is 8.02. The highest BCUT2D eigenvalue weighted by atomic mass is 16.6. The molecule has 0 saturated heterocycles. The van der Waals surface area contributed by atoms with E-state index in [1.807, 2.05) is 75.4 Å². The molecule has 0 saturated carbocycles. The van der Waals surface area contributed by atoms with Gasteiger partial charge in [0.15, 0.2) is 0 Å².